The van der Waals surface area contributed by atoms with Crippen LogP contribution in [0, 0.1) is 0 Å². The van der Waals surface area contributed by atoms with Gasteiger partial charge in [-0.05, 0) is 17.2 Å². The SMILES string of the molecule is CC(=O)OCc1cnc(NS(=O)(=O)CC=Cc2cccc(Cl)c2CN)s1. The maximum Gasteiger partial charge on any atom is 0.302 e. The van der Waals surface area contributed by atoms with Crippen molar-refractivity contribution in [2.45, 2.75) is 20.1 Å². The van der Waals surface area contributed by atoms with Crippen molar-refractivity contribution in [3.8, 4) is 0 Å². The number of esters is 1. The van der Waals surface area contributed by atoms with E-state index in [0.29, 0.717) is 9.90 Å². The minimum Gasteiger partial charge on any atom is -0.460 e. The van der Waals surface area contributed by atoms with Gasteiger partial charge in [-0.2, -0.15) is 0 Å². The van der Waals surface area contributed by atoms with Crippen LogP contribution >= 0.6 is 22.9 Å². The molecular formula is C16H18ClN3O4S2. The van der Waals surface area contributed by atoms with E-state index in [1.807, 2.05) is 6.07 Å². The van der Waals surface area contributed by atoms with E-state index >= 15 is 0 Å². The van der Waals surface area contributed by atoms with Crippen molar-refractivity contribution >= 4 is 50.1 Å². The molecule has 10 heteroatoms. The first-order chi connectivity index (χ1) is 12.3. The van der Waals surface area contributed by atoms with E-state index in [1.165, 1.54) is 19.2 Å². The molecule has 7 nitrogen and oxygen atoms in total. The first-order valence-electron chi connectivity index (χ1n) is 7.53. The van der Waals surface area contributed by atoms with Gasteiger partial charge in [0.15, 0.2) is 5.13 Å². The average Bonchev–Trinajstić information content (AvgIpc) is 2.99. The van der Waals surface area contributed by atoms with Crippen molar-refractivity contribution in [3.63, 3.8) is 0 Å². The number of thiazole rings is 1. The molecule has 0 radical (unpaired) electrons. The Labute approximate surface area is 160 Å². The van der Waals surface area contributed by atoms with Crippen LogP contribution < -0.4 is 10.5 Å². The summed E-state index contributed by atoms with van der Waals surface area (Å²) in [6, 6.07) is 5.32. The first kappa shape index (κ1) is 20.4. The highest BCUT2D eigenvalue weighted by molar-refractivity contribution is 7.93. The highest BCUT2D eigenvalue weighted by Gasteiger charge is 2.12. The molecule has 0 aliphatic rings. The summed E-state index contributed by atoms with van der Waals surface area (Å²) in [5, 5.41) is 0.754. The smallest absolute Gasteiger partial charge is 0.302 e. The van der Waals surface area contributed by atoms with Crippen LogP contribution in [0.15, 0.2) is 30.5 Å². The topological polar surface area (TPSA) is 111 Å². The number of hydrogen-bond acceptors (Lipinski definition) is 7. The van der Waals surface area contributed by atoms with E-state index in [4.69, 9.17) is 22.1 Å². The summed E-state index contributed by atoms with van der Waals surface area (Å²) in [5.41, 5.74) is 7.20. The largest absolute Gasteiger partial charge is 0.460 e. The van der Waals surface area contributed by atoms with Gasteiger partial charge in [-0.1, -0.05) is 47.2 Å². The van der Waals surface area contributed by atoms with Gasteiger partial charge in [0, 0.05) is 24.7 Å². The number of rotatable bonds is 8. The lowest BCUT2D eigenvalue weighted by molar-refractivity contribution is -0.142. The Bertz CT molecular complexity index is 910. The van der Waals surface area contributed by atoms with Crippen molar-refractivity contribution in [3.05, 3.63) is 51.5 Å². The fourth-order valence-corrected chi connectivity index (χ4v) is 4.15. The highest BCUT2D eigenvalue weighted by Crippen LogP contribution is 2.22. The summed E-state index contributed by atoms with van der Waals surface area (Å²) in [6.45, 7) is 1.62. The second kappa shape index (κ2) is 9.13. The summed E-state index contributed by atoms with van der Waals surface area (Å²) in [5.74, 6) is -0.647. The second-order valence-electron chi connectivity index (χ2n) is 5.21. The van der Waals surface area contributed by atoms with Gasteiger partial charge in [-0.3, -0.25) is 9.52 Å². The lowest BCUT2D eigenvalue weighted by atomic mass is 10.1. The van der Waals surface area contributed by atoms with Gasteiger partial charge >= 0.3 is 5.97 Å². The number of nitrogens with one attached hydrogen (secondary N) is 1. The van der Waals surface area contributed by atoms with Crippen molar-refractivity contribution in [2.24, 2.45) is 5.73 Å². The van der Waals surface area contributed by atoms with E-state index < -0.39 is 16.0 Å². The lowest BCUT2D eigenvalue weighted by Crippen LogP contribution is -2.15. The fourth-order valence-electron chi connectivity index (χ4n) is 2.02. The standard InChI is InChI=1S/C16H18ClN3O4S2/c1-11(21)24-10-13-9-19-16(25-13)20-26(22,23)7-3-5-12-4-2-6-15(17)14(12)8-18/h2-6,9H,7-8,10,18H2,1H3,(H,19,20). The third-order valence-electron chi connectivity index (χ3n) is 3.19. The number of carbonyl (C=O) groups is 1. The summed E-state index contributed by atoms with van der Waals surface area (Å²) in [7, 11) is -3.61. The Morgan fingerprint density at radius 3 is 2.92 bits per heavy atom. The Morgan fingerprint density at radius 2 is 2.23 bits per heavy atom. The first-order valence-corrected chi connectivity index (χ1v) is 10.4. The Morgan fingerprint density at radius 1 is 1.46 bits per heavy atom. The van der Waals surface area contributed by atoms with Crippen LogP contribution in [0.2, 0.25) is 5.02 Å². The number of sulfonamides is 1. The van der Waals surface area contributed by atoms with E-state index in [1.54, 1.807) is 18.2 Å². The minimum atomic E-state index is -3.61. The van der Waals surface area contributed by atoms with E-state index in [-0.39, 0.29) is 24.0 Å². The van der Waals surface area contributed by atoms with Crippen molar-refractivity contribution in [1.82, 2.24) is 4.98 Å². The Kier molecular flexibility index (Phi) is 7.15. The Hall–Kier alpha value is -1.94. The summed E-state index contributed by atoms with van der Waals surface area (Å²) >= 11 is 7.17. The zero-order valence-electron chi connectivity index (χ0n) is 13.9. The number of benzene rings is 1. The molecule has 2 aromatic rings. The molecule has 0 fully saturated rings. The summed E-state index contributed by atoms with van der Waals surface area (Å²) in [6.07, 6.45) is 4.64. The molecule has 0 saturated carbocycles. The van der Waals surface area contributed by atoms with Crippen LogP contribution in [0.25, 0.3) is 6.08 Å². The van der Waals surface area contributed by atoms with Crippen LogP contribution in [0.1, 0.15) is 22.9 Å². The molecule has 26 heavy (non-hydrogen) atoms. The molecule has 1 aromatic heterocycles. The molecule has 140 valence electrons. The molecule has 3 N–H and O–H groups in total. The van der Waals surface area contributed by atoms with Crippen LogP contribution in [0.4, 0.5) is 5.13 Å². The molecule has 0 amide bonds. The number of aromatic nitrogens is 1. The predicted molar refractivity (Wildman–Crippen MR) is 103 cm³/mol. The zero-order valence-corrected chi connectivity index (χ0v) is 16.3. The van der Waals surface area contributed by atoms with Crippen molar-refractivity contribution in [2.75, 3.05) is 10.5 Å². The maximum absolute atomic E-state index is 12.2. The maximum atomic E-state index is 12.2. The zero-order chi connectivity index (χ0) is 19.2. The summed E-state index contributed by atoms with van der Waals surface area (Å²) < 4.78 is 31.5. The van der Waals surface area contributed by atoms with Crippen molar-refractivity contribution < 1.29 is 17.9 Å². The number of ether oxygens (including phenoxy) is 1. The minimum absolute atomic E-state index is 0.0608. The van der Waals surface area contributed by atoms with Gasteiger partial charge in [-0.15, -0.1) is 0 Å². The van der Waals surface area contributed by atoms with Crippen LogP contribution in [-0.4, -0.2) is 25.1 Å². The Balaban J connectivity index is 1.99. The molecule has 1 aromatic carbocycles. The van der Waals surface area contributed by atoms with Gasteiger partial charge in [-0.25, -0.2) is 13.4 Å². The molecule has 0 saturated heterocycles. The highest BCUT2D eigenvalue weighted by atomic mass is 35.5. The van der Waals surface area contributed by atoms with Crippen molar-refractivity contribution in [1.29, 1.82) is 0 Å². The van der Waals surface area contributed by atoms with E-state index in [9.17, 15) is 13.2 Å². The monoisotopic (exact) mass is 415 g/mol. The van der Waals surface area contributed by atoms with Gasteiger partial charge < -0.3 is 10.5 Å². The number of nitrogens with zero attached hydrogens (tertiary/aromatic N) is 1. The second-order valence-corrected chi connectivity index (χ2v) is 8.50. The quantitative estimate of drug-likeness (QED) is 0.641. The summed E-state index contributed by atoms with van der Waals surface area (Å²) in [4.78, 5) is 15.4. The predicted octanol–water partition coefficient (Wildman–Crippen LogP) is 2.77. The van der Waals surface area contributed by atoms with Crippen LogP contribution in [0.3, 0.4) is 0 Å². The third kappa shape index (κ3) is 6.10. The van der Waals surface area contributed by atoms with Gasteiger partial charge in [0.25, 0.3) is 0 Å². The van der Waals surface area contributed by atoms with Gasteiger partial charge in [0.2, 0.25) is 10.0 Å². The van der Waals surface area contributed by atoms with E-state index in [2.05, 4.69) is 9.71 Å². The fraction of sp³-hybridized carbons (Fsp3) is 0.250. The van der Waals surface area contributed by atoms with E-state index in [0.717, 1.165) is 22.5 Å². The molecule has 0 bridgehead atoms. The molecule has 1 heterocycles. The molecule has 0 aliphatic carbocycles. The number of hydrogen-bond donors (Lipinski definition) is 2. The van der Waals surface area contributed by atoms with Gasteiger partial charge in [0.05, 0.1) is 10.6 Å². The number of carbonyl (C=O) groups excluding carboxylic acids is 1. The molecular weight excluding hydrogens is 398 g/mol. The molecule has 0 aliphatic heterocycles. The molecule has 0 unspecified atom stereocenters. The van der Waals surface area contributed by atoms with Crippen LogP contribution in [-0.2, 0) is 32.7 Å². The van der Waals surface area contributed by atoms with Gasteiger partial charge in [0.1, 0.15) is 6.61 Å². The number of nitrogens with two attached hydrogens (primary N) is 1. The average molecular weight is 416 g/mol. The molecule has 2 rings (SSSR count). The lowest BCUT2D eigenvalue weighted by Gasteiger charge is -2.06. The molecule has 0 atom stereocenters. The van der Waals surface area contributed by atoms with Crippen LogP contribution in [0.5, 0.6) is 0 Å². The molecule has 0 spiro atoms. The normalized spacial score (nSPS) is 11.7. The third-order valence-corrected chi connectivity index (χ3v) is 5.69. The number of anilines is 1. The number of halogens is 1.